The van der Waals surface area contributed by atoms with Crippen LogP contribution in [-0.2, 0) is 9.53 Å². The van der Waals surface area contributed by atoms with E-state index in [4.69, 9.17) is 4.74 Å². The maximum Gasteiger partial charge on any atom is 0.312 e. The van der Waals surface area contributed by atoms with Crippen molar-refractivity contribution in [3.8, 4) is 0 Å². The van der Waals surface area contributed by atoms with E-state index in [-0.39, 0.29) is 17.3 Å². The van der Waals surface area contributed by atoms with E-state index in [1.54, 1.807) is 0 Å². The lowest BCUT2D eigenvalue weighted by Crippen LogP contribution is -2.37. The Kier molecular flexibility index (Phi) is 3.35. The standard InChI is InChI=1S/C12H20O2/c1-5-14-11(13)12(4)7-6-9(2)8-10(12)3/h8,10H,5-7H2,1-4H3. The third-order valence-corrected chi connectivity index (χ3v) is 3.32. The minimum Gasteiger partial charge on any atom is -0.466 e. The number of ether oxygens (including phenoxy) is 1. The summed E-state index contributed by atoms with van der Waals surface area (Å²) in [6, 6.07) is 0. The van der Waals surface area contributed by atoms with Gasteiger partial charge in [-0.15, -0.1) is 0 Å². The monoisotopic (exact) mass is 196 g/mol. The van der Waals surface area contributed by atoms with Crippen molar-refractivity contribution < 1.29 is 9.53 Å². The molecule has 2 heteroatoms. The Morgan fingerprint density at radius 2 is 2.36 bits per heavy atom. The minimum atomic E-state index is -0.310. The van der Waals surface area contributed by atoms with Gasteiger partial charge in [-0.3, -0.25) is 4.79 Å². The molecule has 0 fully saturated rings. The molecule has 2 nitrogen and oxygen atoms in total. The van der Waals surface area contributed by atoms with Crippen molar-refractivity contribution in [3.05, 3.63) is 11.6 Å². The molecule has 0 saturated carbocycles. The molecule has 0 heterocycles. The average molecular weight is 196 g/mol. The molecule has 0 aromatic carbocycles. The van der Waals surface area contributed by atoms with E-state index in [9.17, 15) is 4.79 Å². The third kappa shape index (κ3) is 1.99. The summed E-state index contributed by atoms with van der Waals surface area (Å²) in [5, 5.41) is 0. The first-order chi connectivity index (χ1) is 6.50. The lowest BCUT2D eigenvalue weighted by molar-refractivity contribution is -0.157. The Morgan fingerprint density at radius 1 is 1.71 bits per heavy atom. The molecule has 2 unspecified atom stereocenters. The SMILES string of the molecule is CCOC(=O)C1(C)CCC(C)=CC1C. The van der Waals surface area contributed by atoms with Crippen molar-refractivity contribution in [2.24, 2.45) is 11.3 Å². The van der Waals surface area contributed by atoms with Crippen LogP contribution in [0.4, 0.5) is 0 Å². The molecule has 0 saturated heterocycles. The van der Waals surface area contributed by atoms with Crippen LogP contribution < -0.4 is 0 Å². The van der Waals surface area contributed by atoms with Gasteiger partial charge in [-0.05, 0) is 39.5 Å². The maximum atomic E-state index is 11.8. The van der Waals surface area contributed by atoms with Gasteiger partial charge in [0.2, 0.25) is 0 Å². The van der Waals surface area contributed by atoms with E-state index in [1.165, 1.54) is 5.57 Å². The van der Waals surface area contributed by atoms with Crippen LogP contribution >= 0.6 is 0 Å². The maximum absolute atomic E-state index is 11.8. The lowest BCUT2D eigenvalue weighted by Gasteiger charge is -2.35. The molecule has 0 bridgehead atoms. The number of hydrogen-bond acceptors (Lipinski definition) is 2. The van der Waals surface area contributed by atoms with Gasteiger partial charge in [0.1, 0.15) is 0 Å². The topological polar surface area (TPSA) is 26.3 Å². The molecule has 0 aromatic heterocycles. The summed E-state index contributed by atoms with van der Waals surface area (Å²) in [7, 11) is 0. The van der Waals surface area contributed by atoms with Crippen molar-refractivity contribution in [1.82, 2.24) is 0 Å². The second-order valence-electron chi connectivity index (χ2n) is 4.44. The Hall–Kier alpha value is -0.790. The van der Waals surface area contributed by atoms with Gasteiger partial charge < -0.3 is 4.74 Å². The highest BCUT2D eigenvalue weighted by molar-refractivity contribution is 5.77. The number of carbonyl (C=O) groups is 1. The van der Waals surface area contributed by atoms with Gasteiger partial charge in [0.25, 0.3) is 0 Å². The summed E-state index contributed by atoms with van der Waals surface area (Å²) in [5.41, 5.74) is 1.08. The zero-order chi connectivity index (χ0) is 10.8. The van der Waals surface area contributed by atoms with Crippen LogP contribution in [0.2, 0.25) is 0 Å². The highest BCUT2D eigenvalue weighted by Gasteiger charge is 2.40. The highest BCUT2D eigenvalue weighted by Crippen LogP contribution is 2.40. The van der Waals surface area contributed by atoms with Gasteiger partial charge in [0, 0.05) is 0 Å². The Morgan fingerprint density at radius 3 is 2.86 bits per heavy atom. The minimum absolute atomic E-state index is 0.0451. The predicted molar refractivity (Wildman–Crippen MR) is 56.9 cm³/mol. The Labute approximate surface area is 86.3 Å². The summed E-state index contributed by atoms with van der Waals surface area (Å²) in [6.07, 6.45) is 4.12. The van der Waals surface area contributed by atoms with Crippen molar-refractivity contribution >= 4 is 5.97 Å². The summed E-state index contributed by atoms with van der Waals surface area (Å²) >= 11 is 0. The number of hydrogen-bond donors (Lipinski definition) is 0. The first kappa shape index (κ1) is 11.3. The zero-order valence-electron chi connectivity index (χ0n) is 9.59. The van der Waals surface area contributed by atoms with Crippen molar-refractivity contribution in [1.29, 1.82) is 0 Å². The second kappa shape index (κ2) is 4.16. The van der Waals surface area contributed by atoms with Gasteiger partial charge >= 0.3 is 5.97 Å². The molecule has 1 rings (SSSR count). The fourth-order valence-electron chi connectivity index (χ4n) is 1.96. The largest absolute Gasteiger partial charge is 0.466 e. The van der Waals surface area contributed by atoms with Gasteiger partial charge in [0.15, 0.2) is 0 Å². The number of carbonyl (C=O) groups excluding carboxylic acids is 1. The highest BCUT2D eigenvalue weighted by atomic mass is 16.5. The van der Waals surface area contributed by atoms with Crippen LogP contribution in [-0.4, -0.2) is 12.6 Å². The molecule has 0 N–H and O–H groups in total. The number of rotatable bonds is 2. The smallest absolute Gasteiger partial charge is 0.312 e. The molecular formula is C12H20O2. The average Bonchev–Trinajstić information content (AvgIpc) is 2.12. The van der Waals surface area contributed by atoms with Crippen molar-refractivity contribution in [2.75, 3.05) is 6.61 Å². The molecule has 0 radical (unpaired) electrons. The van der Waals surface area contributed by atoms with Crippen molar-refractivity contribution in [3.63, 3.8) is 0 Å². The summed E-state index contributed by atoms with van der Waals surface area (Å²) in [5.74, 6) is 0.242. The van der Waals surface area contributed by atoms with Crippen LogP contribution in [0.25, 0.3) is 0 Å². The van der Waals surface area contributed by atoms with Crippen molar-refractivity contribution in [2.45, 2.75) is 40.5 Å². The van der Waals surface area contributed by atoms with E-state index in [0.29, 0.717) is 6.61 Å². The molecule has 0 spiro atoms. The van der Waals surface area contributed by atoms with Crippen LogP contribution in [0.15, 0.2) is 11.6 Å². The van der Waals surface area contributed by atoms with E-state index in [2.05, 4.69) is 19.9 Å². The van der Waals surface area contributed by atoms with Crippen LogP contribution in [0.3, 0.4) is 0 Å². The predicted octanol–water partition coefficient (Wildman–Crippen LogP) is 2.93. The van der Waals surface area contributed by atoms with Gasteiger partial charge in [-0.2, -0.15) is 0 Å². The van der Waals surface area contributed by atoms with E-state index in [1.807, 2.05) is 13.8 Å². The van der Waals surface area contributed by atoms with E-state index in [0.717, 1.165) is 12.8 Å². The first-order valence-corrected chi connectivity index (χ1v) is 5.35. The van der Waals surface area contributed by atoms with Gasteiger partial charge in [0.05, 0.1) is 12.0 Å². The Balaban J connectivity index is 2.80. The number of allylic oxidation sites excluding steroid dienone is 2. The molecule has 1 aliphatic rings. The van der Waals surface area contributed by atoms with Crippen LogP contribution in [0.1, 0.15) is 40.5 Å². The first-order valence-electron chi connectivity index (χ1n) is 5.35. The molecule has 0 aliphatic heterocycles. The van der Waals surface area contributed by atoms with Crippen LogP contribution in [0, 0.1) is 11.3 Å². The number of esters is 1. The Bertz CT molecular complexity index is 255. The molecule has 1 aliphatic carbocycles. The third-order valence-electron chi connectivity index (χ3n) is 3.32. The fourth-order valence-corrected chi connectivity index (χ4v) is 1.96. The zero-order valence-corrected chi connectivity index (χ0v) is 9.59. The summed E-state index contributed by atoms with van der Waals surface area (Å²) in [6.45, 7) is 8.57. The summed E-state index contributed by atoms with van der Waals surface area (Å²) < 4.78 is 5.12. The van der Waals surface area contributed by atoms with Gasteiger partial charge in [-0.25, -0.2) is 0 Å². The van der Waals surface area contributed by atoms with E-state index >= 15 is 0 Å². The lowest BCUT2D eigenvalue weighted by atomic mass is 9.70. The molecule has 2 atom stereocenters. The van der Waals surface area contributed by atoms with Crippen LogP contribution in [0.5, 0.6) is 0 Å². The normalized spacial score (nSPS) is 32.3. The molecule has 0 aromatic rings. The molecule has 80 valence electrons. The van der Waals surface area contributed by atoms with E-state index < -0.39 is 0 Å². The second-order valence-corrected chi connectivity index (χ2v) is 4.44. The molecule has 14 heavy (non-hydrogen) atoms. The molecule has 0 amide bonds. The summed E-state index contributed by atoms with van der Waals surface area (Å²) in [4.78, 5) is 11.8. The molecular weight excluding hydrogens is 176 g/mol. The van der Waals surface area contributed by atoms with Gasteiger partial charge in [-0.1, -0.05) is 18.6 Å². The quantitative estimate of drug-likeness (QED) is 0.501. The fraction of sp³-hybridized carbons (Fsp3) is 0.750.